The maximum absolute atomic E-state index is 11.7. The fraction of sp³-hybridized carbons (Fsp3) is 0.818. The summed E-state index contributed by atoms with van der Waals surface area (Å²) < 4.78 is 0. The molecule has 0 spiro atoms. The van der Waals surface area contributed by atoms with E-state index in [1.807, 2.05) is 13.8 Å². The third-order valence-corrected chi connectivity index (χ3v) is 2.44. The Morgan fingerprint density at radius 3 is 2.19 bits per heavy atom. The molecule has 0 aliphatic carbocycles. The summed E-state index contributed by atoms with van der Waals surface area (Å²) in [5.41, 5.74) is 4.72. The fourth-order valence-electron chi connectivity index (χ4n) is 1.14. The molecule has 16 heavy (non-hydrogen) atoms. The summed E-state index contributed by atoms with van der Waals surface area (Å²) in [6, 6.07) is -0.835. The Morgan fingerprint density at radius 1 is 1.38 bits per heavy atom. The van der Waals surface area contributed by atoms with Gasteiger partial charge >= 0.3 is 5.97 Å². The summed E-state index contributed by atoms with van der Waals surface area (Å²) in [4.78, 5) is 22.7. The number of rotatable bonds is 6. The number of amides is 1. The van der Waals surface area contributed by atoms with E-state index < -0.39 is 17.4 Å². The molecule has 0 aromatic heterocycles. The van der Waals surface area contributed by atoms with E-state index in [2.05, 4.69) is 5.32 Å². The number of carboxylic acid groups (broad SMARTS) is 1. The molecule has 1 atom stereocenters. The van der Waals surface area contributed by atoms with Crippen LogP contribution in [0.4, 0.5) is 0 Å². The van der Waals surface area contributed by atoms with Gasteiger partial charge < -0.3 is 16.2 Å². The van der Waals surface area contributed by atoms with Crippen LogP contribution in [0.15, 0.2) is 0 Å². The third kappa shape index (κ3) is 4.61. The first kappa shape index (κ1) is 14.9. The van der Waals surface area contributed by atoms with Gasteiger partial charge in [-0.1, -0.05) is 13.8 Å². The lowest BCUT2D eigenvalue weighted by atomic mass is 9.91. The van der Waals surface area contributed by atoms with Crippen molar-refractivity contribution in [2.24, 2.45) is 17.1 Å². The normalized spacial score (nSPS) is 13.6. The first-order valence-corrected chi connectivity index (χ1v) is 5.44. The fourth-order valence-corrected chi connectivity index (χ4v) is 1.14. The predicted octanol–water partition coefficient (Wildman–Crippen LogP) is 0.587. The van der Waals surface area contributed by atoms with Crippen molar-refractivity contribution in [1.82, 2.24) is 5.32 Å². The van der Waals surface area contributed by atoms with Crippen molar-refractivity contribution in [3.63, 3.8) is 0 Å². The number of carboxylic acids is 1. The van der Waals surface area contributed by atoms with Gasteiger partial charge in [-0.25, -0.2) is 4.79 Å². The van der Waals surface area contributed by atoms with Gasteiger partial charge in [-0.2, -0.15) is 0 Å². The lowest BCUT2D eigenvalue weighted by Crippen LogP contribution is -2.49. The number of nitrogens with two attached hydrogens (primary N) is 1. The summed E-state index contributed by atoms with van der Waals surface area (Å²) in [5.74, 6) is -1.11. The van der Waals surface area contributed by atoms with Crippen LogP contribution in [0, 0.1) is 11.3 Å². The van der Waals surface area contributed by atoms with Crippen molar-refractivity contribution >= 4 is 11.9 Å². The maximum Gasteiger partial charge on any atom is 0.326 e. The third-order valence-electron chi connectivity index (χ3n) is 2.44. The van der Waals surface area contributed by atoms with Crippen molar-refractivity contribution in [1.29, 1.82) is 0 Å². The molecule has 0 aliphatic rings. The summed E-state index contributed by atoms with van der Waals surface area (Å²) in [6.45, 7) is 7.40. The minimum Gasteiger partial charge on any atom is -0.480 e. The van der Waals surface area contributed by atoms with Gasteiger partial charge in [-0.05, 0) is 26.2 Å². The molecule has 0 aromatic carbocycles. The number of carbonyl (C=O) groups excluding carboxylic acids is 1. The zero-order valence-corrected chi connectivity index (χ0v) is 10.4. The van der Waals surface area contributed by atoms with Gasteiger partial charge in [0.25, 0.3) is 0 Å². The second-order valence-electron chi connectivity index (χ2n) is 5.08. The van der Waals surface area contributed by atoms with Gasteiger partial charge in [-0.3, -0.25) is 4.79 Å². The van der Waals surface area contributed by atoms with Crippen LogP contribution < -0.4 is 11.1 Å². The van der Waals surface area contributed by atoms with Crippen molar-refractivity contribution < 1.29 is 14.7 Å². The molecule has 4 N–H and O–H groups in total. The van der Waals surface area contributed by atoms with Crippen molar-refractivity contribution in [2.75, 3.05) is 6.54 Å². The molecule has 0 rings (SSSR count). The van der Waals surface area contributed by atoms with E-state index in [-0.39, 0.29) is 18.4 Å². The van der Waals surface area contributed by atoms with E-state index in [0.717, 1.165) is 0 Å². The highest BCUT2D eigenvalue weighted by Gasteiger charge is 2.30. The molecule has 0 bridgehead atoms. The van der Waals surface area contributed by atoms with Crippen LogP contribution in [0.1, 0.15) is 34.1 Å². The average molecular weight is 230 g/mol. The molecule has 0 fully saturated rings. The van der Waals surface area contributed by atoms with Crippen molar-refractivity contribution in [3.8, 4) is 0 Å². The Hall–Kier alpha value is -1.10. The van der Waals surface area contributed by atoms with Gasteiger partial charge in [0, 0.05) is 6.54 Å². The van der Waals surface area contributed by atoms with Gasteiger partial charge in [0.1, 0.15) is 6.04 Å². The Labute approximate surface area is 96.4 Å². The quantitative estimate of drug-likeness (QED) is 0.622. The van der Waals surface area contributed by atoms with Gasteiger partial charge in [0.05, 0.1) is 5.41 Å². The standard InChI is InChI=1S/C11H22N2O3/c1-7(2)5-8(9(14)15)13-10(16)11(3,4)6-12/h7-8H,5-6,12H2,1-4H3,(H,13,16)(H,14,15)/t8-/m1/s1. The van der Waals surface area contributed by atoms with E-state index in [0.29, 0.717) is 6.42 Å². The first-order chi connectivity index (χ1) is 7.20. The SMILES string of the molecule is CC(C)C[C@@H](NC(=O)C(C)(C)CN)C(=O)O. The monoisotopic (exact) mass is 230 g/mol. The molecule has 0 radical (unpaired) electrons. The topological polar surface area (TPSA) is 92.4 Å². The zero-order valence-electron chi connectivity index (χ0n) is 10.4. The zero-order chi connectivity index (χ0) is 12.9. The molecule has 0 aliphatic heterocycles. The molecule has 0 aromatic rings. The second kappa shape index (κ2) is 5.84. The first-order valence-electron chi connectivity index (χ1n) is 5.44. The van der Waals surface area contributed by atoms with Crippen molar-refractivity contribution in [2.45, 2.75) is 40.2 Å². The number of hydrogen-bond acceptors (Lipinski definition) is 3. The average Bonchev–Trinajstić information content (AvgIpc) is 2.15. The van der Waals surface area contributed by atoms with Crippen LogP contribution in [0.25, 0.3) is 0 Å². The van der Waals surface area contributed by atoms with Crippen LogP contribution in [0.3, 0.4) is 0 Å². The second-order valence-corrected chi connectivity index (χ2v) is 5.08. The van der Waals surface area contributed by atoms with E-state index in [1.165, 1.54) is 0 Å². The van der Waals surface area contributed by atoms with Gasteiger partial charge in [0.2, 0.25) is 5.91 Å². The van der Waals surface area contributed by atoms with E-state index in [9.17, 15) is 9.59 Å². The minimum absolute atomic E-state index is 0.187. The van der Waals surface area contributed by atoms with E-state index >= 15 is 0 Å². The molecular formula is C11H22N2O3. The molecule has 0 saturated carbocycles. The smallest absolute Gasteiger partial charge is 0.326 e. The Morgan fingerprint density at radius 2 is 1.88 bits per heavy atom. The summed E-state index contributed by atoms with van der Waals surface area (Å²) >= 11 is 0. The number of carbonyl (C=O) groups is 2. The molecule has 5 nitrogen and oxygen atoms in total. The molecule has 5 heteroatoms. The maximum atomic E-state index is 11.7. The molecule has 0 saturated heterocycles. The molecule has 94 valence electrons. The van der Waals surface area contributed by atoms with E-state index in [1.54, 1.807) is 13.8 Å². The highest BCUT2D eigenvalue weighted by molar-refractivity contribution is 5.87. The summed E-state index contributed by atoms with van der Waals surface area (Å²) in [6.07, 6.45) is 0.418. The number of nitrogens with one attached hydrogen (secondary N) is 1. The lowest BCUT2D eigenvalue weighted by molar-refractivity contribution is -0.143. The van der Waals surface area contributed by atoms with Crippen LogP contribution >= 0.6 is 0 Å². The predicted molar refractivity (Wildman–Crippen MR) is 61.9 cm³/mol. The lowest BCUT2D eigenvalue weighted by Gasteiger charge is -2.25. The molecule has 0 unspecified atom stereocenters. The Bertz CT molecular complexity index is 262. The van der Waals surface area contributed by atoms with Gasteiger partial charge in [0.15, 0.2) is 0 Å². The number of aliphatic carboxylic acids is 1. The molecule has 1 amide bonds. The minimum atomic E-state index is -1.00. The van der Waals surface area contributed by atoms with Crippen LogP contribution in [-0.2, 0) is 9.59 Å². The Balaban J connectivity index is 4.52. The highest BCUT2D eigenvalue weighted by Crippen LogP contribution is 2.14. The molecular weight excluding hydrogens is 208 g/mol. The molecule has 0 heterocycles. The largest absolute Gasteiger partial charge is 0.480 e. The summed E-state index contributed by atoms with van der Waals surface area (Å²) in [5, 5.41) is 11.5. The van der Waals surface area contributed by atoms with E-state index in [4.69, 9.17) is 10.8 Å². The van der Waals surface area contributed by atoms with Crippen LogP contribution in [0.5, 0.6) is 0 Å². The summed E-state index contributed by atoms with van der Waals surface area (Å²) in [7, 11) is 0. The Kier molecular flexibility index (Phi) is 5.44. The van der Waals surface area contributed by atoms with Crippen molar-refractivity contribution in [3.05, 3.63) is 0 Å². The highest BCUT2D eigenvalue weighted by atomic mass is 16.4. The number of hydrogen-bond donors (Lipinski definition) is 3. The van der Waals surface area contributed by atoms with Crippen LogP contribution in [-0.4, -0.2) is 29.6 Å². The van der Waals surface area contributed by atoms with Crippen LogP contribution in [0.2, 0.25) is 0 Å². The van der Waals surface area contributed by atoms with Gasteiger partial charge in [-0.15, -0.1) is 0 Å².